The van der Waals surface area contributed by atoms with Crippen molar-refractivity contribution >= 4 is 29.1 Å². The molecule has 0 spiro atoms. The molecule has 1 aromatic carbocycles. The van der Waals surface area contributed by atoms with Gasteiger partial charge in [0.25, 0.3) is 0 Å². The molecule has 1 N–H and O–H groups in total. The number of nitrogens with zero attached hydrogens (tertiary/aromatic N) is 1. The number of rotatable bonds is 2. The summed E-state index contributed by atoms with van der Waals surface area (Å²) < 4.78 is 0. The molecular weight excluding hydrogens is 302 g/mol. The summed E-state index contributed by atoms with van der Waals surface area (Å²) in [6, 6.07) is 7.10. The van der Waals surface area contributed by atoms with Gasteiger partial charge in [0.1, 0.15) is 5.78 Å². The molecule has 0 radical (unpaired) electrons. The van der Waals surface area contributed by atoms with E-state index in [-0.39, 0.29) is 11.4 Å². The maximum atomic E-state index is 12.4. The summed E-state index contributed by atoms with van der Waals surface area (Å²) in [4.78, 5) is 28.6. The first kappa shape index (κ1) is 15.0. The second kappa shape index (κ2) is 5.69. The summed E-state index contributed by atoms with van der Waals surface area (Å²) >= 11 is 6.06. The van der Waals surface area contributed by atoms with Crippen molar-refractivity contribution in [2.24, 2.45) is 10.9 Å². The predicted molar refractivity (Wildman–Crippen MR) is 84.3 cm³/mol. The van der Waals surface area contributed by atoms with E-state index in [0.717, 1.165) is 24.1 Å². The summed E-state index contributed by atoms with van der Waals surface area (Å²) in [6.45, 7) is 1.70. The summed E-state index contributed by atoms with van der Waals surface area (Å²) in [7, 11) is 0. The molecule has 0 aromatic heterocycles. The number of allylic oxidation sites excluding steroid dienone is 1. The normalized spacial score (nSPS) is 24.8. The van der Waals surface area contributed by atoms with Gasteiger partial charge < -0.3 is 5.11 Å². The van der Waals surface area contributed by atoms with Crippen LogP contribution in [0, 0.1) is 5.92 Å². The first-order chi connectivity index (χ1) is 10.5. The Labute approximate surface area is 133 Å². The van der Waals surface area contributed by atoms with Gasteiger partial charge in [-0.3, -0.25) is 9.79 Å². The molecule has 2 aliphatic rings. The summed E-state index contributed by atoms with van der Waals surface area (Å²) in [5, 5.41) is 10.1. The molecular formula is C17H16ClNO3. The van der Waals surface area contributed by atoms with Gasteiger partial charge in [-0.15, -0.1) is 0 Å². The number of hydrogen-bond donors (Lipinski definition) is 1. The van der Waals surface area contributed by atoms with Gasteiger partial charge >= 0.3 is 5.97 Å². The van der Waals surface area contributed by atoms with Crippen molar-refractivity contribution in [3.8, 4) is 0 Å². The fourth-order valence-electron chi connectivity index (χ4n) is 3.46. The Morgan fingerprint density at radius 3 is 2.77 bits per heavy atom. The van der Waals surface area contributed by atoms with Crippen LogP contribution in [0.5, 0.6) is 0 Å². The molecule has 3 rings (SSSR count). The monoisotopic (exact) mass is 317 g/mol. The van der Waals surface area contributed by atoms with Crippen molar-refractivity contribution in [1.82, 2.24) is 0 Å². The van der Waals surface area contributed by atoms with Crippen molar-refractivity contribution < 1.29 is 14.7 Å². The molecule has 1 aliphatic heterocycles. The van der Waals surface area contributed by atoms with Crippen LogP contribution < -0.4 is 0 Å². The first-order valence-electron chi connectivity index (χ1n) is 7.28. The third-order valence-corrected chi connectivity index (χ3v) is 4.58. The SMILES string of the molecule is CC1=C(C(=O)O)C(c2cccc(Cl)c2)C2C(=O)CCCC2=N1. The van der Waals surface area contributed by atoms with E-state index in [1.807, 2.05) is 6.07 Å². The Hall–Kier alpha value is -1.94. The number of carbonyl (C=O) groups excluding carboxylic acids is 1. The van der Waals surface area contributed by atoms with Gasteiger partial charge in [-0.1, -0.05) is 23.7 Å². The van der Waals surface area contributed by atoms with Gasteiger partial charge in [0.2, 0.25) is 0 Å². The smallest absolute Gasteiger partial charge is 0.334 e. The van der Waals surface area contributed by atoms with Crippen LogP contribution in [0.25, 0.3) is 0 Å². The lowest BCUT2D eigenvalue weighted by Crippen LogP contribution is -2.38. The van der Waals surface area contributed by atoms with Crippen molar-refractivity contribution in [3.05, 3.63) is 46.1 Å². The standard InChI is InChI=1S/C17H16ClNO3/c1-9-14(17(21)22)15(10-4-2-5-11(18)8-10)16-12(19-9)6-3-7-13(16)20/h2,4-5,8,15-16H,3,6-7H2,1H3,(H,21,22). The topological polar surface area (TPSA) is 66.7 Å². The van der Waals surface area contributed by atoms with Gasteiger partial charge in [-0.05, 0) is 37.5 Å². The third-order valence-electron chi connectivity index (χ3n) is 4.35. The number of halogens is 1. The maximum Gasteiger partial charge on any atom is 0.334 e. The van der Waals surface area contributed by atoms with E-state index in [1.165, 1.54) is 0 Å². The third kappa shape index (κ3) is 2.48. The molecule has 1 aliphatic carbocycles. The molecule has 114 valence electrons. The Morgan fingerprint density at radius 1 is 1.32 bits per heavy atom. The highest BCUT2D eigenvalue weighted by Crippen LogP contribution is 2.43. The number of aliphatic carboxylic acids is 1. The Bertz CT molecular complexity index is 720. The largest absolute Gasteiger partial charge is 0.478 e. The lowest BCUT2D eigenvalue weighted by atomic mass is 9.69. The molecule has 1 heterocycles. The van der Waals surface area contributed by atoms with Crippen molar-refractivity contribution in [3.63, 3.8) is 0 Å². The first-order valence-corrected chi connectivity index (χ1v) is 7.66. The number of carbonyl (C=O) groups is 2. The second-order valence-corrected chi connectivity index (χ2v) is 6.17. The van der Waals surface area contributed by atoms with E-state index >= 15 is 0 Å². The van der Waals surface area contributed by atoms with Crippen LogP contribution in [0.15, 0.2) is 40.5 Å². The number of benzene rings is 1. The van der Waals surface area contributed by atoms with E-state index in [0.29, 0.717) is 17.1 Å². The fraction of sp³-hybridized carbons (Fsp3) is 0.353. The summed E-state index contributed by atoms with van der Waals surface area (Å²) in [6.07, 6.45) is 2.01. The summed E-state index contributed by atoms with van der Waals surface area (Å²) in [5.74, 6) is -1.93. The van der Waals surface area contributed by atoms with Crippen LogP contribution in [0.2, 0.25) is 5.02 Å². The highest BCUT2D eigenvalue weighted by atomic mass is 35.5. The number of fused-ring (bicyclic) bond motifs is 1. The van der Waals surface area contributed by atoms with Crippen LogP contribution in [-0.2, 0) is 9.59 Å². The van der Waals surface area contributed by atoms with Crippen LogP contribution in [-0.4, -0.2) is 22.6 Å². The average Bonchev–Trinajstić information content (AvgIpc) is 2.45. The minimum Gasteiger partial charge on any atom is -0.478 e. The van der Waals surface area contributed by atoms with Gasteiger partial charge in [0, 0.05) is 28.8 Å². The zero-order valence-electron chi connectivity index (χ0n) is 12.2. The molecule has 1 aromatic rings. The summed E-state index contributed by atoms with van der Waals surface area (Å²) in [5.41, 5.74) is 2.25. The van der Waals surface area contributed by atoms with Crippen LogP contribution in [0.1, 0.15) is 37.7 Å². The maximum absolute atomic E-state index is 12.4. The number of aliphatic imine (C=N–C) groups is 1. The van der Waals surface area contributed by atoms with Crippen molar-refractivity contribution in [2.45, 2.75) is 32.1 Å². The average molecular weight is 318 g/mol. The zero-order valence-corrected chi connectivity index (χ0v) is 12.9. The molecule has 1 fully saturated rings. The Kier molecular flexibility index (Phi) is 3.87. The Morgan fingerprint density at radius 2 is 2.09 bits per heavy atom. The molecule has 0 bridgehead atoms. The van der Waals surface area contributed by atoms with Gasteiger partial charge in [-0.2, -0.15) is 0 Å². The van der Waals surface area contributed by atoms with E-state index < -0.39 is 17.8 Å². The van der Waals surface area contributed by atoms with Crippen LogP contribution in [0.3, 0.4) is 0 Å². The molecule has 5 heteroatoms. The predicted octanol–water partition coefficient (Wildman–Crippen LogP) is 3.61. The molecule has 2 atom stereocenters. The highest BCUT2D eigenvalue weighted by molar-refractivity contribution is 6.30. The highest BCUT2D eigenvalue weighted by Gasteiger charge is 2.43. The van der Waals surface area contributed by atoms with E-state index in [9.17, 15) is 14.7 Å². The van der Waals surface area contributed by atoms with E-state index in [1.54, 1.807) is 25.1 Å². The number of carboxylic acids is 1. The lowest BCUT2D eigenvalue weighted by Gasteiger charge is -2.35. The molecule has 0 amide bonds. The Balaban J connectivity index is 2.19. The number of ketones is 1. The lowest BCUT2D eigenvalue weighted by molar-refractivity contribution is -0.133. The van der Waals surface area contributed by atoms with Crippen molar-refractivity contribution in [2.75, 3.05) is 0 Å². The van der Waals surface area contributed by atoms with Gasteiger partial charge in [0.15, 0.2) is 0 Å². The minimum atomic E-state index is -1.02. The van der Waals surface area contributed by atoms with E-state index in [4.69, 9.17) is 11.6 Å². The van der Waals surface area contributed by atoms with Crippen LogP contribution >= 0.6 is 11.6 Å². The van der Waals surface area contributed by atoms with Crippen molar-refractivity contribution in [1.29, 1.82) is 0 Å². The number of hydrogen-bond acceptors (Lipinski definition) is 3. The van der Waals surface area contributed by atoms with Gasteiger partial charge in [0.05, 0.1) is 11.5 Å². The molecule has 0 saturated heterocycles. The quantitative estimate of drug-likeness (QED) is 0.906. The second-order valence-electron chi connectivity index (χ2n) is 5.74. The minimum absolute atomic E-state index is 0.0706. The molecule has 4 nitrogen and oxygen atoms in total. The molecule has 2 unspecified atom stereocenters. The molecule has 22 heavy (non-hydrogen) atoms. The zero-order chi connectivity index (χ0) is 15.9. The van der Waals surface area contributed by atoms with Gasteiger partial charge in [-0.25, -0.2) is 4.79 Å². The fourth-order valence-corrected chi connectivity index (χ4v) is 3.66. The molecule has 1 saturated carbocycles. The van der Waals surface area contributed by atoms with Crippen LogP contribution in [0.4, 0.5) is 0 Å². The van der Waals surface area contributed by atoms with E-state index in [2.05, 4.69) is 4.99 Å². The number of carboxylic acid groups (broad SMARTS) is 1. The number of Topliss-reactive ketones (excluding diaryl/α,β-unsaturated/α-hetero) is 1.